The van der Waals surface area contributed by atoms with Crippen LogP contribution in [0.5, 0.6) is 34.5 Å². The maximum absolute atomic E-state index is 14.3. The summed E-state index contributed by atoms with van der Waals surface area (Å²) in [4.78, 5) is 14.3. The summed E-state index contributed by atoms with van der Waals surface area (Å²) in [6.45, 7) is -2.49. The van der Waals surface area contributed by atoms with Crippen molar-refractivity contribution < 1.29 is 109 Å². The molecule has 0 unspecified atom stereocenters. The van der Waals surface area contributed by atoms with Gasteiger partial charge in [-0.05, 0) is 12.1 Å². The number of methoxy groups -OCH3 is 1. The second kappa shape index (κ2) is 17.0. The summed E-state index contributed by atoms with van der Waals surface area (Å²) in [5.74, 6) is -4.42. The van der Waals surface area contributed by atoms with Crippen LogP contribution in [0.25, 0.3) is 22.3 Å². The molecule has 23 heteroatoms. The van der Waals surface area contributed by atoms with Crippen molar-refractivity contribution in [3.8, 4) is 45.8 Å². The van der Waals surface area contributed by atoms with Gasteiger partial charge in [0.25, 0.3) is 0 Å². The number of ether oxygens (including phenoxy) is 7. The van der Waals surface area contributed by atoms with Gasteiger partial charge in [0.1, 0.15) is 95.7 Å². The van der Waals surface area contributed by atoms with Gasteiger partial charge in [-0.25, -0.2) is 0 Å². The van der Waals surface area contributed by atoms with Crippen LogP contribution in [-0.2, 0) is 14.2 Å². The number of aliphatic hydroxyl groups is 12. The molecule has 15 atom stereocenters. The van der Waals surface area contributed by atoms with E-state index in [9.17, 15) is 76.3 Å². The van der Waals surface area contributed by atoms with Crippen molar-refractivity contribution in [2.75, 3.05) is 26.9 Å². The van der Waals surface area contributed by atoms with Crippen LogP contribution in [0.15, 0.2) is 33.5 Å². The molecule has 1 aromatic heterocycles. The highest BCUT2D eigenvalue weighted by molar-refractivity contribution is 5.88. The lowest BCUT2D eigenvalue weighted by Crippen LogP contribution is -2.60. The zero-order valence-corrected chi connectivity index (χ0v) is 29.5. The summed E-state index contributed by atoms with van der Waals surface area (Å²) in [6, 6.07) is 3.95. The number of aromatic hydroxyl groups is 2. The molecule has 14 N–H and O–H groups in total. The Kier molecular flexibility index (Phi) is 12.6. The van der Waals surface area contributed by atoms with Gasteiger partial charge in [-0.15, -0.1) is 0 Å². The van der Waals surface area contributed by atoms with Gasteiger partial charge < -0.3 is 109 Å². The molecule has 0 spiro atoms. The lowest BCUT2D eigenvalue weighted by Gasteiger charge is -2.39. The molecule has 0 aliphatic carbocycles. The predicted molar refractivity (Wildman–Crippen MR) is 181 cm³/mol. The van der Waals surface area contributed by atoms with E-state index in [2.05, 4.69) is 0 Å². The smallest absolute Gasteiger partial charge is 0.239 e. The van der Waals surface area contributed by atoms with E-state index in [0.29, 0.717) is 0 Å². The fourth-order valence-corrected chi connectivity index (χ4v) is 6.45. The Hall–Kier alpha value is -4.15. The minimum absolute atomic E-state index is 0.275. The Morgan fingerprint density at radius 3 is 1.51 bits per heavy atom. The largest absolute Gasteiger partial charge is 0.507 e. The SMILES string of the molecule is COc1cc(-c2oc3cc(O[C@@H]4O[C@@H](CO)[C@@H](O)[C@H](O)[C@@H]4O)cc(O)c3c(=O)c2O[C@@H]2O[C@H](CO)[C@@H](O)[C@@H](O)[C@@H]2O)cc(O[C@@H]2O[C@H](CO)[C@@H](O)[C@H](O)[C@H]2O)c1O. The van der Waals surface area contributed by atoms with Crippen molar-refractivity contribution in [1.82, 2.24) is 0 Å². The van der Waals surface area contributed by atoms with Crippen LogP contribution in [0, 0.1) is 0 Å². The first-order valence-corrected chi connectivity index (χ1v) is 17.2. The standard InChI is InChI=1S/C34H42O23/c1-50-13-2-9(3-14(19(13)39)53-33-28(48)25(45)21(41)16(7-36)55-33)30-31(57-34-29(49)26(46)22(42)17(8-37)56-34)23(43)18-11(38)4-10(5-12(18)52-30)51-32-27(47)24(44)20(40)15(6-35)54-32/h2-5,15-17,20-22,24-29,32-42,44-49H,6-8H2,1H3/t15-,16+,17+,20+,21+,22+,24-,25-,26+,27-,28+,29-,32+,33+,34-/m0/s1. The third-order valence-corrected chi connectivity index (χ3v) is 9.70. The number of phenolic OH excluding ortho intramolecular Hbond substituents is 2. The summed E-state index contributed by atoms with van der Waals surface area (Å²) in [7, 11) is 1.11. The quantitative estimate of drug-likeness (QED) is 0.0857. The molecule has 2 aromatic carbocycles. The molecule has 0 saturated carbocycles. The number of phenols is 2. The van der Waals surface area contributed by atoms with Gasteiger partial charge in [-0.2, -0.15) is 0 Å². The van der Waals surface area contributed by atoms with E-state index in [4.69, 9.17) is 37.6 Å². The van der Waals surface area contributed by atoms with E-state index in [1.807, 2.05) is 0 Å². The number of aliphatic hydroxyl groups excluding tert-OH is 12. The predicted octanol–water partition coefficient (Wildman–Crippen LogP) is -5.58. The second-order valence-corrected chi connectivity index (χ2v) is 13.4. The maximum atomic E-state index is 14.3. The normalized spacial score (nSPS) is 35.8. The fraction of sp³-hybridized carbons (Fsp3) is 0.559. The molecule has 0 radical (unpaired) electrons. The molecule has 6 rings (SSSR count). The number of hydrogen-bond acceptors (Lipinski definition) is 23. The zero-order chi connectivity index (χ0) is 41.6. The van der Waals surface area contributed by atoms with Crippen LogP contribution in [0.2, 0.25) is 0 Å². The Labute approximate surface area is 319 Å². The highest BCUT2D eigenvalue weighted by Gasteiger charge is 2.48. The van der Waals surface area contributed by atoms with E-state index < -0.39 is 163 Å². The average Bonchev–Trinajstić information content (AvgIpc) is 3.19. The highest BCUT2D eigenvalue weighted by Crippen LogP contribution is 2.45. The third kappa shape index (κ3) is 7.88. The van der Waals surface area contributed by atoms with Crippen LogP contribution >= 0.6 is 0 Å². The Bertz CT molecular complexity index is 1930. The summed E-state index contributed by atoms with van der Waals surface area (Å²) in [5.41, 5.74) is -1.95. The first-order chi connectivity index (χ1) is 27.0. The lowest BCUT2D eigenvalue weighted by atomic mass is 9.99. The monoisotopic (exact) mass is 818 g/mol. The summed E-state index contributed by atoms with van der Waals surface area (Å²) in [6.07, 6.45) is -26.8. The van der Waals surface area contributed by atoms with Gasteiger partial charge in [0.2, 0.25) is 35.8 Å². The second-order valence-electron chi connectivity index (χ2n) is 13.4. The molecule has 0 bridgehead atoms. The van der Waals surface area contributed by atoms with E-state index in [-0.39, 0.29) is 11.3 Å². The number of benzene rings is 2. The van der Waals surface area contributed by atoms with Gasteiger partial charge in [-0.3, -0.25) is 4.79 Å². The minimum atomic E-state index is -2.06. The molecular weight excluding hydrogens is 776 g/mol. The molecule has 23 nitrogen and oxygen atoms in total. The molecule has 3 aliphatic heterocycles. The van der Waals surface area contributed by atoms with Gasteiger partial charge in [0.15, 0.2) is 17.3 Å². The molecule has 0 amide bonds. The van der Waals surface area contributed by atoms with Crippen molar-refractivity contribution in [3.05, 3.63) is 34.5 Å². The first-order valence-electron chi connectivity index (χ1n) is 17.2. The van der Waals surface area contributed by atoms with Crippen molar-refractivity contribution in [1.29, 1.82) is 0 Å². The molecular formula is C34H42O23. The number of rotatable bonds is 11. The zero-order valence-electron chi connectivity index (χ0n) is 29.5. The first kappa shape index (κ1) is 42.5. The van der Waals surface area contributed by atoms with E-state index in [1.54, 1.807) is 0 Å². The molecule has 4 heterocycles. The van der Waals surface area contributed by atoms with Gasteiger partial charge >= 0.3 is 0 Å². The topological polar surface area (TPSA) is 378 Å². The summed E-state index contributed by atoms with van der Waals surface area (Å²) >= 11 is 0. The minimum Gasteiger partial charge on any atom is -0.507 e. The third-order valence-electron chi connectivity index (χ3n) is 9.70. The van der Waals surface area contributed by atoms with Crippen LogP contribution in [0.1, 0.15) is 0 Å². The van der Waals surface area contributed by atoms with Crippen LogP contribution in [-0.4, -0.2) is 191 Å². The highest BCUT2D eigenvalue weighted by atomic mass is 16.7. The van der Waals surface area contributed by atoms with Crippen molar-refractivity contribution in [2.24, 2.45) is 0 Å². The van der Waals surface area contributed by atoms with E-state index >= 15 is 0 Å². The van der Waals surface area contributed by atoms with E-state index in [0.717, 1.165) is 31.4 Å². The fourth-order valence-electron chi connectivity index (χ4n) is 6.45. The van der Waals surface area contributed by atoms with Crippen molar-refractivity contribution >= 4 is 11.0 Å². The Balaban J connectivity index is 1.49. The average molecular weight is 819 g/mol. The van der Waals surface area contributed by atoms with Gasteiger partial charge in [0, 0.05) is 17.7 Å². The number of fused-ring (bicyclic) bond motifs is 1. The van der Waals surface area contributed by atoms with Crippen LogP contribution in [0.4, 0.5) is 0 Å². The Morgan fingerprint density at radius 2 is 1.04 bits per heavy atom. The van der Waals surface area contributed by atoms with Crippen molar-refractivity contribution in [2.45, 2.75) is 92.1 Å². The van der Waals surface area contributed by atoms with Gasteiger partial charge in [0.05, 0.1) is 26.9 Å². The molecule has 57 heavy (non-hydrogen) atoms. The molecule has 3 aliphatic rings. The lowest BCUT2D eigenvalue weighted by molar-refractivity contribution is -0.277. The van der Waals surface area contributed by atoms with Crippen molar-refractivity contribution in [3.63, 3.8) is 0 Å². The van der Waals surface area contributed by atoms with Crippen LogP contribution < -0.4 is 24.4 Å². The van der Waals surface area contributed by atoms with E-state index in [1.165, 1.54) is 0 Å². The Morgan fingerprint density at radius 1 is 0.579 bits per heavy atom. The maximum Gasteiger partial charge on any atom is 0.239 e. The molecule has 3 saturated heterocycles. The molecule has 316 valence electrons. The summed E-state index contributed by atoms with van der Waals surface area (Å²) in [5, 5.41) is 144. The summed E-state index contributed by atoms with van der Waals surface area (Å²) < 4.78 is 44.5. The van der Waals surface area contributed by atoms with Crippen LogP contribution in [0.3, 0.4) is 0 Å². The number of hydrogen-bond donors (Lipinski definition) is 14. The molecule has 3 fully saturated rings. The van der Waals surface area contributed by atoms with Gasteiger partial charge in [-0.1, -0.05) is 0 Å². The molecule has 3 aromatic rings.